The van der Waals surface area contributed by atoms with Crippen molar-refractivity contribution in [2.75, 3.05) is 25.0 Å². The number of nitrogens with zero attached hydrogens (tertiary/aromatic N) is 3. The van der Waals surface area contributed by atoms with Gasteiger partial charge in [0, 0.05) is 25.3 Å². The minimum Gasteiger partial charge on any atom is -0.339 e. The lowest BCUT2D eigenvalue weighted by molar-refractivity contribution is -0.115. The second-order valence-electron chi connectivity index (χ2n) is 5.21. The molecule has 2 amide bonds. The molecule has 0 aromatic carbocycles. The predicted octanol–water partition coefficient (Wildman–Crippen LogP) is 0.989. The van der Waals surface area contributed by atoms with E-state index >= 15 is 0 Å². The van der Waals surface area contributed by atoms with Crippen LogP contribution in [0.4, 0.5) is 10.7 Å². The summed E-state index contributed by atoms with van der Waals surface area (Å²) < 4.78 is 0. The molecule has 2 aliphatic rings. The molecule has 22 heavy (non-hydrogen) atoms. The lowest BCUT2D eigenvalue weighted by atomic mass is 10.1. The summed E-state index contributed by atoms with van der Waals surface area (Å²) in [6.45, 7) is 1.79. The van der Waals surface area contributed by atoms with Crippen LogP contribution < -0.4 is 15.5 Å². The first-order chi connectivity index (χ1) is 10.7. The van der Waals surface area contributed by atoms with E-state index in [1.165, 1.54) is 0 Å². The van der Waals surface area contributed by atoms with Crippen LogP contribution in [0.25, 0.3) is 6.08 Å². The Hall–Kier alpha value is -1.93. The molecule has 2 aliphatic heterocycles. The molecule has 2 N–H and O–H groups in total. The van der Waals surface area contributed by atoms with E-state index in [9.17, 15) is 9.59 Å². The van der Waals surface area contributed by atoms with Crippen LogP contribution in [0.3, 0.4) is 0 Å². The largest absolute Gasteiger partial charge is 0.339 e. The number of amides is 2. The summed E-state index contributed by atoms with van der Waals surface area (Å²) in [6, 6.07) is 2.17. The Labute approximate surface area is 132 Å². The Morgan fingerprint density at radius 1 is 1.50 bits per heavy atom. The number of rotatable bonds is 3. The first kappa shape index (κ1) is 15.0. The Kier molecular flexibility index (Phi) is 4.39. The number of hydrogen-bond donors (Lipinski definition) is 2. The SMILES string of the molecule is CNC1CCCN(c2nccc(/C=C3/SC(=O)NC3=O)n2)C1. The number of thioether (sulfide) groups is 1. The van der Waals surface area contributed by atoms with E-state index < -0.39 is 0 Å². The third kappa shape index (κ3) is 3.28. The molecule has 0 bridgehead atoms. The molecule has 1 aromatic rings. The number of piperidine rings is 1. The molecule has 0 aliphatic carbocycles. The van der Waals surface area contributed by atoms with Gasteiger partial charge in [-0.2, -0.15) is 0 Å². The fourth-order valence-electron chi connectivity index (χ4n) is 2.54. The molecule has 1 atom stereocenters. The average molecular weight is 319 g/mol. The summed E-state index contributed by atoms with van der Waals surface area (Å²) in [6.07, 6.45) is 5.54. The number of nitrogens with one attached hydrogen (secondary N) is 2. The number of likely N-dealkylation sites (N-methyl/N-ethyl adjacent to an activating group) is 1. The van der Waals surface area contributed by atoms with Gasteiger partial charge in [0.15, 0.2) is 0 Å². The maximum Gasteiger partial charge on any atom is 0.290 e. The summed E-state index contributed by atoms with van der Waals surface area (Å²) >= 11 is 0.891. The standard InChI is InChI=1S/C14H17N5O2S/c1-15-10-3-2-6-19(8-10)13-16-5-4-9(17-13)7-11-12(20)18-14(21)22-11/h4-5,7,10,15H,2-3,6,8H2,1H3,(H,18,20,21)/b11-7+. The van der Waals surface area contributed by atoms with Crippen LogP contribution in [0.5, 0.6) is 0 Å². The second kappa shape index (κ2) is 6.45. The highest BCUT2D eigenvalue weighted by atomic mass is 32.2. The van der Waals surface area contributed by atoms with E-state index in [2.05, 4.69) is 25.5 Å². The van der Waals surface area contributed by atoms with E-state index in [1.807, 2.05) is 7.05 Å². The predicted molar refractivity (Wildman–Crippen MR) is 85.4 cm³/mol. The second-order valence-corrected chi connectivity index (χ2v) is 6.22. The molecule has 2 fully saturated rings. The molecule has 7 nitrogen and oxygen atoms in total. The number of carbonyl (C=O) groups excluding carboxylic acids is 2. The first-order valence-electron chi connectivity index (χ1n) is 7.16. The van der Waals surface area contributed by atoms with Crippen molar-refractivity contribution in [2.24, 2.45) is 0 Å². The molecule has 1 unspecified atom stereocenters. The van der Waals surface area contributed by atoms with Gasteiger partial charge >= 0.3 is 0 Å². The summed E-state index contributed by atoms with van der Waals surface area (Å²) in [7, 11) is 1.96. The number of imide groups is 1. The van der Waals surface area contributed by atoms with Crippen molar-refractivity contribution in [1.82, 2.24) is 20.6 Å². The van der Waals surface area contributed by atoms with Gasteiger partial charge in [0.05, 0.1) is 10.6 Å². The normalized spacial score (nSPS) is 24.0. The highest BCUT2D eigenvalue weighted by Gasteiger charge is 2.25. The van der Waals surface area contributed by atoms with Gasteiger partial charge < -0.3 is 10.2 Å². The number of carbonyl (C=O) groups is 2. The van der Waals surface area contributed by atoms with Crippen LogP contribution in [0.1, 0.15) is 18.5 Å². The summed E-state index contributed by atoms with van der Waals surface area (Å²) in [5.41, 5.74) is 0.629. The van der Waals surface area contributed by atoms with E-state index in [1.54, 1.807) is 18.3 Å². The molecular formula is C14H17N5O2S. The van der Waals surface area contributed by atoms with Crippen molar-refractivity contribution < 1.29 is 9.59 Å². The van der Waals surface area contributed by atoms with Crippen LogP contribution in [0, 0.1) is 0 Å². The molecule has 0 saturated carbocycles. The molecule has 2 saturated heterocycles. The van der Waals surface area contributed by atoms with Crippen molar-refractivity contribution >= 4 is 34.9 Å². The highest BCUT2D eigenvalue weighted by molar-refractivity contribution is 8.18. The zero-order valence-corrected chi connectivity index (χ0v) is 13.0. The van der Waals surface area contributed by atoms with E-state index in [0.29, 0.717) is 22.6 Å². The smallest absolute Gasteiger partial charge is 0.290 e. The molecule has 3 heterocycles. The van der Waals surface area contributed by atoms with Crippen molar-refractivity contribution in [3.8, 4) is 0 Å². The molecule has 3 rings (SSSR count). The fraction of sp³-hybridized carbons (Fsp3) is 0.429. The van der Waals surface area contributed by atoms with Gasteiger partial charge in [-0.05, 0) is 43.8 Å². The third-order valence-electron chi connectivity index (χ3n) is 3.70. The van der Waals surface area contributed by atoms with Crippen LogP contribution in [0.15, 0.2) is 17.2 Å². The van der Waals surface area contributed by atoms with Crippen molar-refractivity contribution in [3.63, 3.8) is 0 Å². The maximum atomic E-state index is 11.6. The monoisotopic (exact) mass is 319 g/mol. The Morgan fingerprint density at radius 2 is 2.36 bits per heavy atom. The topological polar surface area (TPSA) is 87.2 Å². The summed E-state index contributed by atoms with van der Waals surface area (Å²) in [5.74, 6) is 0.285. The van der Waals surface area contributed by atoms with Gasteiger partial charge in [-0.3, -0.25) is 14.9 Å². The van der Waals surface area contributed by atoms with Crippen molar-refractivity contribution in [2.45, 2.75) is 18.9 Å². The molecular weight excluding hydrogens is 302 g/mol. The van der Waals surface area contributed by atoms with Gasteiger partial charge in [0.2, 0.25) is 5.95 Å². The minimum atomic E-state index is -0.372. The van der Waals surface area contributed by atoms with E-state index in [0.717, 1.165) is 37.7 Å². The summed E-state index contributed by atoms with van der Waals surface area (Å²) in [5, 5.41) is 5.17. The van der Waals surface area contributed by atoms with E-state index in [-0.39, 0.29) is 11.1 Å². The zero-order chi connectivity index (χ0) is 15.5. The van der Waals surface area contributed by atoms with Gasteiger partial charge in [-0.15, -0.1) is 0 Å². The average Bonchev–Trinajstić information content (AvgIpc) is 2.85. The van der Waals surface area contributed by atoms with Crippen LogP contribution >= 0.6 is 11.8 Å². The molecule has 116 valence electrons. The van der Waals surface area contributed by atoms with E-state index in [4.69, 9.17) is 0 Å². The fourth-order valence-corrected chi connectivity index (χ4v) is 3.21. The van der Waals surface area contributed by atoms with Crippen LogP contribution in [-0.2, 0) is 4.79 Å². The highest BCUT2D eigenvalue weighted by Crippen LogP contribution is 2.25. The lowest BCUT2D eigenvalue weighted by Crippen LogP contribution is -2.45. The lowest BCUT2D eigenvalue weighted by Gasteiger charge is -2.32. The maximum absolute atomic E-state index is 11.6. The first-order valence-corrected chi connectivity index (χ1v) is 7.97. The van der Waals surface area contributed by atoms with Gasteiger partial charge in [0.1, 0.15) is 0 Å². The van der Waals surface area contributed by atoms with Gasteiger partial charge in [-0.25, -0.2) is 9.97 Å². The third-order valence-corrected chi connectivity index (χ3v) is 4.51. The van der Waals surface area contributed by atoms with Gasteiger partial charge in [-0.1, -0.05) is 0 Å². The summed E-state index contributed by atoms with van der Waals surface area (Å²) in [4.78, 5) is 34.1. The number of aromatic nitrogens is 2. The van der Waals surface area contributed by atoms with Crippen molar-refractivity contribution in [1.29, 1.82) is 0 Å². The Bertz CT molecular complexity index is 633. The Balaban J connectivity index is 1.79. The van der Waals surface area contributed by atoms with Crippen LogP contribution in [0.2, 0.25) is 0 Å². The number of hydrogen-bond acceptors (Lipinski definition) is 7. The molecule has 0 spiro atoms. The molecule has 8 heteroatoms. The molecule has 0 radical (unpaired) electrons. The van der Waals surface area contributed by atoms with Gasteiger partial charge in [0.25, 0.3) is 11.1 Å². The molecule has 1 aromatic heterocycles. The number of anilines is 1. The van der Waals surface area contributed by atoms with Crippen molar-refractivity contribution in [3.05, 3.63) is 22.9 Å². The van der Waals surface area contributed by atoms with Crippen LogP contribution in [-0.4, -0.2) is 47.3 Å². The zero-order valence-electron chi connectivity index (χ0n) is 12.2. The minimum absolute atomic E-state index is 0.349. The quantitative estimate of drug-likeness (QED) is 0.803. The Morgan fingerprint density at radius 3 is 3.09 bits per heavy atom.